The number of fused-ring (bicyclic) bond motifs is 2. The zero-order chi connectivity index (χ0) is 16.7. The summed E-state index contributed by atoms with van der Waals surface area (Å²) in [6.07, 6.45) is 0.969. The van der Waals surface area contributed by atoms with Crippen molar-refractivity contribution in [1.82, 2.24) is 10.6 Å². The molecule has 0 spiro atoms. The van der Waals surface area contributed by atoms with Gasteiger partial charge in [-0.15, -0.1) is 0 Å². The Kier molecular flexibility index (Phi) is 3.57. The minimum absolute atomic E-state index is 0.0774. The van der Waals surface area contributed by atoms with Crippen LogP contribution in [-0.2, 0) is 16.3 Å². The highest BCUT2D eigenvalue weighted by Crippen LogP contribution is 2.34. The first-order valence-corrected chi connectivity index (χ1v) is 9.64. The van der Waals surface area contributed by atoms with Crippen LogP contribution >= 0.6 is 0 Å². The molecule has 24 heavy (non-hydrogen) atoms. The van der Waals surface area contributed by atoms with Gasteiger partial charge in [-0.3, -0.25) is 0 Å². The molecule has 0 saturated carbocycles. The van der Waals surface area contributed by atoms with Crippen LogP contribution in [0.25, 0.3) is 0 Å². The smallest absolute Gasteiger partial charge is 0.315 e. The van der Waals surface area contributed by atoms with Crippen molar-refractivity contribution in [3.63, 3.8) is 0 Å². The van der Waals surface area contributed by atoms with E-state index in [1.807, 2.05) is 12.1 Å². The molecule has 0 aromatic heterocycles. The van der Waals surface area contributed by atoms with Gasteiger partial charge in [0.05, 0.1) is 16.7 Å². The number of nitrogens with one attached hydrogen (secondary N) is 2. The highest BCUT2D eigenvalue weighted by atomic mass is 32.2. The topological polar surface area (TPSA) is 75.3 Å². The molecule has 5 nitrogen and oxygen atoms in total. The van der Waals surface area contributed by atoms with Crippen LogP contribution < -0.4 is 10.6 Å². The fourth-order valence-electron chi connectivity index (χ4n) is 3.54. The second kappa shape index (κ2) is 5.63. The lowest BCUT2D eigenvalue weighted by molar-refractivity contribution is 0.237. The van der Waals surface area contributed by atoms with Crippen LogP contribution in [0.5, 0.6) is 0 Å². The van der Waals surface area contributed by atoms with Crippen molar-refractivity contribution in [3.8, 4) is 0 Å². The van der Waals surface area contributed by atoms with E-state index in [2.05, 4.69) is 22.8 Å². The SMILES string of the molecule is O=C(NC[C@@H]1Cc2ccccc21)N[C@H]1CS(=O)(=O)c2ccccc21. The van der Waals surface area contributed by atoms with Crippen molar-refractivity contribution in [2.45, 2.75) is 23.3 Å². The first-order valence-electron chi connectivity index (χ1n) is 7.98. The van der Waals surface area contributed by atoms with Crippen molar-refractivity contribution in [3.05, 3.63) is 65.2 Å². The first kappa shape index (κ1) is 15.2. The van der Waals surface area contributed by atoms with Crippen LogP contribution in [0.2, 0.25) is 0 Å². The molecule has 6 heteroatoms. The van der Waals surface area contributed by atoms with Crippen molar-refractivity contribution in [2.75, 3.05) is 12.3 Å². The number of hydrogen-bond donors (Lipinski definition) is 2. The molecule has 0 saturated heterocycles. The van der Waals surface area contributed by atoms with Gasteiger partial charge in [0.1, 0.15) is 0 Å². The third-order valence-electron chi connectivity index (χ3n) is 4.79. The van der Waals surface area contributed by atoms with Gasteiger partial charge in [-0.05, 0) is 29.2 Å². The van der Waals surface area contributed by atoms with Crippen LogP contribution in [0, 0.1) is 0 Å². The van der Waals surface area contributed by atoms with Crippen LogP contribution in [0.3, 0.4) is 0 Å². The van der Waals surface area contributed by atoms with Crippen molar-refractivity contribution in [1.29, 1.82) is 0 Å². The average molecular weight is 342 g/mol. The number of sulfone groups is 1. The summed E-state index contributed by atoms with van der Waals surface area (Å²) in [5.74, 6) is 0.262. The van der Waals surface area contributed by atoms with Gasteiger partial charge in [0, 0.05) is 12.5 Å². The molecule has 2 aliphatic rings. The lowest BCUT2D eigenvalue weighted by Crippen LogP contribution is -2.41. The van der Waals surface area contributed by atoms with Crippen molar-refractivity contribution >= 4 is 15.9 Å². The third kappa shape index (κ3) is 2.57. The predicted molar refractivity (Wildman–Crippen MR) is 90.7 cm³/mol. The van der Waals surface area contributed by atoms with E-state index in [9.17, 15) is 13.2 Å². The molecule has 124 valence electrons. The summed E-state index contributed by atoms with van der Waals surface area (Å²) in [7, 11) is -3.31. The van der Waals surface area contributed by atoms with Crippen molar-refractivity contribution < 1.29 is 13.2 Å². The van der Waals surface area contributed by atoms with E-state index >= 15 is 0 Å². The molecule has 1 aliphatic carbocycles. The molecule has 0 fully saturated rings. The Morgan fingerprint density at radius 2 is 1.75 bits per heavy atom. The van der Waals surface area contributed by atoms with E-state index in [0.29, 0.717) is 22.9 Å². The number of carbonyl (C=O) groups is 1. The van der Waals surface area contributed by atoms with Gasteiger partial charge >= 0.3 is 6.03 Å². The van der Waals surface area contributed by atoms with E-state index < -0.39 is 15.9 Å². The summed E-state index contributed by atoms with van der Waals surface area (Å²) in [6.45, 7) is 0.559. The molecular formula is C18H18N2O3S. The highest BCUT2D eigenvalue weighted by molar-refractivity contribution is 7.91. The maximum atomic E-state index is 12.2. The maximum absolute atomic E-state index is 12.2. The Morgan fingerprint density at radius 1 is 1.04 bits per heavy atom. The van der Waals surface area contributed by atoms with Crippen LogP contribution in [0.15, 0.2) is 53.4 Å². The van der Waals surface area contributed by atoms with Crippen LogP contribution in [0.1, 0.15) is 28.7 Å². The number of hydrogen-bond acceptors (Lipinski definition) is 3. The molecule has 0 bridgehead atoms. The fourth-order valence-corrected chi connectivity index (χ4v) is 5.28. The predicted octanol–water partition coefficient (Wildman–Crippen LogP) is 2.15. The van der Waals surface area contributed by atoms with E-state index in [1.165, 1.54) is 11.1 Å². The number of carbonyl (C=O) groups excluding carboxylic acids is 1. The van der Waals surface area contributed by atoms with E-state index in [4.69, 9.17) is 0 Å². The summed E-state index contributed by atoms with van der Waals surface area (Å²) in [5, 5.41) is 5.65. The zero-order valence-corrected chi connectivity index (χ0v) is 13.8. The lowest BCUT2D eigenvalue weighted by atomic mass is 9.78. The molecule has 2 atom stereocenters. The summed E-state index contributed by atoms with van der Waals surface area (Å²) in [4.78, 5) is 12.5. The van der Waals surface area contributed by atoms with Gasteiger partial charge < -0.3 is 10.6 Å². The minimum atomic E-state index is -3.31. The maximum Gasteiger partial charge on any atom is 0.315 e. The lowest BCUT2D eigenvalue weighted by Gasteiger charge is -2.30. The molecule has 1 aliphatic heterocycles. The Bertz CT molecular complexity index is 908. The molecule has 0 radical (unpaired) electrons. The molecule has 1 heterocycles. The summed E-state index contributed by atoms with van der Waals surface area (Å²) in [6, 6.07) is 14.2. The quantitative estimate of drug-likeness (QED) is 0.897. The van der Waals surface area contributed by atoms with Gasteiger partial charge in [-0.2, -0.15) is 0 Å². The van der Waals surface area contributed by atoms with Gasteiger partial charge in [-0.25, -0.2) is 13.2 Å². The number of rotatable bonds is 3. The van der Waals surface area contributed by atoms with Crippen LogP contribution in [-0.4, -0.2) is 26.7 Å². The Balaban J connectivity index is 1.38. The number of amides is 2. The summed E-state index contributed by atoms with van der Waals surface area (Å²) >= 11 is 0. The van der Waals surface area contributed by atoms with Crippen molar-refractivity contribution in [2.24, 2.45) is 0 Å². The second-order valence-electron chi connectivity index (χ2n) is 6.33. The number of benzene rings is 2. The molecule has 2 aromatic rings. The van der Waals surface area contributed by atoms with Crippen LogP contribution in [0.4, 0.5) is 4.79 Å². The zero-order valence-electron chi connectivity index (χ0n) is 13.0. The summed E-state index contributed by atoms with van der Waals surface area (Å²) in [5.41, 5.74) is 3.29. The fraction of sp³-hybridized carbons (Fsp3) is 0.278. The van der Waals surface area contributed by atoms with Gasteiger partial charge in [0.15, 0.2) is 9.84 Å². The Morgan fingerprint density at radius 3 is 2.54 bits per heavy atom. The second-order valence-corrected chi connectivity index (χ2v) is 8.33. The summed E-state index contributed by atoms with van der Waals surface area (Å²) < 4.78 is 24.3. The van der Waals surface area contributed by atoms with E-state index in [0.717, 1.165) is 6.42 Å². The van der Waals surface area contributed by atoms with E-state index in [1.54, 1.807) is 24.3 Å². The molecule has 4 rings (SSSR count). The standard InChI is InChI=1S/C18H18N2O3S/c21-18(19-10-13-9-12-5-1-2-6-14(12)13)20-16-11-24(22,23)17-8-4-3-7-15(16)17/h1-8,13,16H,9-11H2,(H2,19,20,21)/t13-,16-/m0/s1. The first-order chi connectivity index (χ1) is 11.5. The monoisotopic (exact) mass is 342 g/mol. The number of urea groups is 1. The average Bonchev–Trinajstić information content (AvgIpc) is 2.79. The molecule has 2 amide bonds. The third-order valence-corrected chi connectivity index (χ3v) is 6.61. The van der Waals surface area contributed by atoms with Gasteiger partial charge in [0.25, 0.3) is 0 Å². The van der Waals surface area contributed by atoms with Gasteiger partial charge in [-0.1, -0.05) is 42.5 Å². The molecule has 2 N–H and O–H groups in total. The molecule has 0 unspecified atom stereocenters. The molecule has 2 aromatic carbocycles. The van der Waals surface area contributed by atoms with E-state index in [-0.39, 0.29) is 11.8 Å². The van der Waals surface area contributed by atoms with Gasteiger partial charge in [0.2, 0.25) is 0 Å². The minimum Gasteiger partial charge on any atom is -0.338 e. The highest BCUT2D eigenvalue weighted by Gasteiger charge is 2.35. The Labute approximate surface area is 141 Å². The Hall–Kier alpha value is -2.34. The largest absolute Gasteiger partial charge is 0.338 e. The molecular weight excluding hydrogens is 324 g/mol. The normalized spacial score (nSPS) is 22.8.